The van der Waals surface area contributed by atoms with E-state index in [9.17, 15) is 4.79 Å². The Morgan fingerprint density at radius 2 is 2.57 bits per heavy atom. The highest BCUT2D eigenvalue weighted by molar-refractivity contribution is 9.10. The molecule has 0 saturated carbocycles. The molecule has 0 aromatic carbocycles. The number of aromatic nitrogens is 2. The molecule has 1 atom stereocenters. The third kappa shape index (κ3) is 3.12. The van der Waals surface area contributed by atoms with Crippen LogP contribution in [0.5, 0.6) is 0 Å². The van der Waals surface area contributed by atoms with Crippen molar-refractivity contribution in [2.75, 3.05) is 0 Å². The molecule has 3 N–H and O–H groups in total. The molecule has 0 bridgehead atoms. The van der Waals surface area contributed by atoms with Gasteiger partial charge in [-0.25, -0.2) is 5.84 Å². The van der Waals surface area contributed by atoms with E-state index in [1.807, 2.05) is 17.8 Å². The second-order valence-corrected chi connectivity index (χ2v) is 4.01. The number of amides is 1. The Morgan fingerprint density at radius 1 is 1.86 bits per heavy atom. The average Bonchev–Trinajstić information content (AvgIpc) is 2.60. The summed E-state index contributed by atoms with van der Waals surface area (Å²) in [5.41, 5.74) is 2.10. The van der Waals surface area contributed by atoms with Crippen LogP contribution in [0.4, 0.5) is 0 Å². The molecule has 1 amide bonds. The van der Waals surface area contributed by atoms with Gasteiger partial charge in [-0.05, 0) is 29.3 Å². The zero-order chi connectivity index (χ0) is 10.6. The van der Waals surface area contributed by atoms with E-state index < -0.39 is 0 Å². The zero-order valence-electron chi connectivity index (χ0n) is 7.90. The Bertz CT molecular complexity index is 312. The number of nitrogens with two attached hydrogens (primary N) is 1. The molecular formula is C8H13BrN4O. The summed E-state index contributed by atoms with van der Waals surface area (Å²) < 4.78 is 2.75. The maximum absolute atomic E-state index is 10.9. The molecule has 0 fully saturated rings. The predicted octanol–water partition coefficient (Wildman–Crippen LogP) is 0.977. The molecular weight excluding hydrogens is 248 g/mol. The first kappa shape index (κ1) is 11.2. The number of halogens is 1. The molecule has 0 aliphatic rings. The molecule has 14 heavy (non-hydrogen) atoms. The molecule has 1 rings (SSSR count). The number of rotatable bonds is 4. The van der Waals surface area contributed by atoms with Gasteiger partial charge in [-0.2, -0.15) is 5.10 Å². The predicted molar refractivity (Wildman–Crippen MR) is 56.2 cm³/mol. The Morgan fingerprint density at radius 3 is 3.07 bits per heavy atom. The number of carbonyl (C=O) groups excluding carboxylic acids is 1. The van der Waals surface area contributed by atoms with Crippen LogP contribution >= 0.6 is 15.9 Å². The first-order valence-electron chi connectivity index (χ1n) is 4.32. The lowest BCUT2D eigenvalue weighted by atomic mass is 10.2. The molecule has 0 saturated heterocycles. The molecule has 0 radical (unpaired) electrons. The third-order valence-corrected chi connectivity index (χ3v) is 2.38. The number of hydrogen-bond acceptors (Lipinski definition) is 3. The van der Waals surface area contributed by atoms with Gasteiger partial charge in [-0.3, -0.25) is 14.9 Å². The summed E-state index contributed by atoms with van der Waals surface area (Å²) in [6.07, 6.45) is 4.73. The number of nitrogens with zero attached hydrogens (tertiary/aromatic N) is 2. The molecule has 0 aliphatic carbocycles. The summed E-state index contributed by atoms with van der Waals surface area (Å²) in [5.74, 6) is 4.82. The van der Waals surface area contributed by atoms with Gasteiger partial charge in [0.15, 0.2) is 0 Å². The van der Waals surface area contributed by atoms with E-state index in [0.29, 0.717) is 6.42 Å². The van der Waals surface area contributed by atoms with Crippen LogP contribution in [0.2, 0.25) is 0 Å². The zero-order valence-corrected chi connectivity index (χ0v) is 9.49. The normalized spacial score (nSPS) is 12.5. The third-order valence-electron chi connectivity index (χ3n) is 1.97. The Labute approximate surface area is 90.8 Å². The molecule has 1 unspecified atom stereocenters. The standard InChI is InChI=1S/C8H13BrN4O/c1-6(2-3-8(14)12-10)13-5-7(9)4-11-13/h4-6H,2-3,10H2,1H3,(H,12,14). The molecule has 1 aromatic rings. The van der Waals surface area contributed by atoms with Crippen LogP contribution in [0.1, 0.15) is 25.8 Å². The lowest BCUT2D eigenvalue weighted by Gasteiger charge is -2.10. The largest absolute Gasteiger partial charge is 0.294 e. The van der Waals surface area contributed by atoms with Gasteiger partial charge in [0.1, 0.15) is 0 Å². The summed E-state index contributed by atoms with van der Waals surface area (Å²) in [7, 11) is 0. The summed E-state index contributed by atoms with van der Waals surface area (Å²) in [6, 6.07) is 0.193. The minimum atomic E-state index is -0.150. The highest BCUT2D eigenvalue weighted by atomic mass is 79.9. The number of hydrazine groups is 1. The van der Waals surface area contributed by atoms with Gasteiger partial charge in [0.2, 0.25) is 5.91 Å². The summed E-state index contributed by atoms with van der Waals surface area (Å²) in [5, 5.41) is 4.13. The lowest BCUT2D eigenvalue weighted by Crippen LogP contribution is -2.30. The van der Waals surface area contributed by atoms with Gasteiger partial charge in [0.05, 0.1) is 10.7 Å². The molecule has 6 heteroatoms. The average molecular weight is 261 g/mol. The topological polar surface area (TPSA) is 72.9 Å². The maximum atomic E-state index is 10.9. The quantitative estimate of drug-likeness (QED) is 0.482. The summed E-state index contributed by atoms with van der Waals surface area (Å²) in [4.78, 5) is 10.9. The number of nitrogens with one attached hydrogen (secondary N) is 1. The number of carbonyl (C=O) groups is 1. The Kier molecular flexibility index (Phi) is 4.09. The van der Waals surface area contributed by atoms with Crippen molar-refractivity contribution < 1.29 is 4.79 Å². The van der Waals surface area contributed by atoms with E-state index in [1.165, 1.54) is 0 Å². The minimum absolute atomic E-state index is 0.150. The van der Waals surface area contributed by atoms with Gasteiger partial charge in [0.25, 0.3) is 0 Å². The van der Waals surface area contributed by atoms with Crippen molar-refractivity contribution in [3.05, 3.63) is 16.9 Å². The molecule has 5 nitrogen and oxygen atoms in total. The van der Waals surface area contributed by atoms with Crippen LogP contribution in [0.15, 0.2) is 16.9 Å². The molecule has 1 aromatic heterocycles. The van der Waals surface area contributed by atoms with Crippen molar-refractivity contribution in [3.8, 4) is 0 Å². The van der Waals surface area contributed by atoms with Crippen LogP contribution in [0.25, 0.3) is 0 Å². The highest BCUT2D eigenvalue weighted by Crippen LogP contribution is 2.15. The van der Waals surface area contributed by atoms with E-state index in [0.717, 1.165) is 10.9 Å². The lowest BCUT2D eigenvalue weighted by molar-refractivity contribution is -0.121. The fourth-order valence-electron chi connectivity index (χ4n) is 1.10. The van der Waals surface area contributed by atoms with Crippen LogP contribution in [0, 0.1) is 0 Å². The minimum Gasteiger partial charge on any atom is -0.294 e. The van der Waals surface area contributed by atoms with Crippen LogP contribution in [-0.2, 0) is 4.79 Å². The smallest absolute Gasteiger partial charge is 0.233 e. The summed E-state index contributed by atoms with van der Waals surface area (Å²) in [6.45, 7) is 2.00. The molecule has 0 aliphatic heterocycles. The van der Waals surface area contributed by atoms with Crippen LogP contribution in [0.3, 0.4) is 0 Å². The van der Waals surface area contributed by atoms with Crippen molar-refractivity contribution in [2.24, 2.45) is 5.84 Å². The van der Waals surface area contributed by atoms with Gasteiger partial charge in [-0.15, -0.1) is 0 Å². The highest BCUT2D eigenvalue weighted by Gasteiger charge is 2.08. The monoisotopic (exact) mass is 260 g/mol. The Hall–Kier alpha value is -0.880. The van der Waals surface area contributed by atoms with E-state index >= 15 is 0 Å². The van der Waals surface area contributed by atoms with Gasteiger partial charge >= 0.3 is 0 Å². The van der Waals surface area contributed by atoms with E-state index in [2.05, 4.69) is 26.5 Å². The van der Waals surface area contributed by atoms with E-state index in [1.54, 1.807) is 6.20 Å². The fraction of sp³-hybridized carbons (Fsp3) is 0.500. The van der Waals surface area contributed by atoms with Gasteiger partial charge in [0, 0.05) is 18.7 Å². The first-order chi connectivity index (χ1) is 6.63. The van der Waals surface area contributed by atoms with Crippen LogP contribution in [-0.4, -0.2) is 15.7 Å². The van der Waals surface area contributed by atoms with Crippen LogP contribution < -0.4 is 11.3 Å². The van der Waals surface area contributed by atoms with Gasteiger partial charge < -0.3 is 0 Å². The summed E-state index contributed by atoms with van der Waals surface area (Å²) >= 11 is 3.31. The molecule has 0 spiro atoms. The molecule has 78 valence electrons. The van der Waals surface area contributed by atoms with E-state index in [4.69, 9.17) is 5.84 Å². The molecule has 1 heterocycles. The first-order valence-corrected chi connectivity index (χ1v) is 5.12. The van der Waals surface area contributed by atoms with Crippen molar-refractivity contribution in [1.82, 2.24) is 15.2 Å². The fourth-order valence-corrected chi connectivity index (χ4v) is 1.40. The second-order valence-electron chi connectivity index (χ2n) is 3.09. The van der Waals surface area contributed by atoms with E-state index in [-0.39, 0.29) is 11.9 Å². The van der Waals surface area contributed by atoms with Crippen molar-refractivity contribution in [2.45, 2.75) is 25.8 Å². The SMILES string of the molecule is CC(CCC(=O)NN)n1cc(Br)cn1. The number of hydrogen-bond donors (Lipinski definition) is 2. The maximum Gasteiger partial charge on any atom is 0.233 e. The van der Waals surface area contributed by atoms with Crippen molar-refractivity contribution >= 4 is 21.8 Å². The second kappa shape index (κ2) is 5.11. The van der Waals surface area contributed by atoms with Gasteiger partial charge in [-0.1, -0.05) is 0 Å². The van der Waals surface area contributed by atoms with Crippen molar-refractivity contribution in [1.29, 1.82) is 0 Å². The Balaban J connectivity index is 2.42. The van der Waals surface area contributed by atoms with Crippen molar-refractivity contribution in [3.63, 3.8) is 0 Å².